The molecule has 0 radical (unpaired) electrons. The lowest BCUT2D eigenvalue weighted by Gasteiger charge is -2.21. The summed E-state index contributed by atoms with van der Waals surface area (Å²) in [6, 6.07) is -1.21. The average Bonchev–Trinajstić information content (AvgIpc) is 2.78. The third-order valence-corrected chi connectivity index (χ3v) is 3.27. The number of aliphatic hydroxyl groups excluding tert-OH is 1. The number of amides is 3. The van der Waals surface area contributed by atoms with Crippen molar-refractivity contribution in [3.05, 3.63) is 0 Å². The number of methoxy groups -OCH3 is 1. The van der Waals surface area contributed by atoms with E-state index < -0.39 is 30.1 Å². The number of rotatable bonds is 6. The summed E-state index contributed by atoms with van der Waals surface area (Å²) in [6.07, 6.45) is 1.33. The number of carbonyl (C=O) groups is 3. The van der Waals surface area contributed by atoms with Crippen molar-refractivity contribution in [3.8, 4) is 0 Å². The first-order chi connectivity index (χ1) is 9.97. The predicted octanol–water partition coefficient (Wildman–Crippen LogP) is -0.779. The molecule has 0 aromatic heterocycles. The van der Waals surface area contributed by atoms with Gasteiger partial charge in [0.2, 0.25) is 5.91 Å². The Balaban J connectivity index is 2.42. The van der Waals surface area contributed by atoms with E-state index in [-0.39, 0.29) is 19.5 Å². The molecule has 0 aliphatic carbocycles. The first-order valence-electron chi connectivity index (χ1n) is 7.05. The number of imide groups is 1. The molecule has 8 heteroatoms. The number of likely N-dealkylation sites (tertiary alicyclic amines) is 1. The molecule has 2 unspecified atom stereocenters. The minimum absolute atomic E-state index is 0.141. The normalized spacial score (nSPS) is 21.9. The zero-order chi connectivity index (χ0) is 15.8. The fourth-order valence-corrected chi connectivity index (χ4v) is 2.21. The SMILES string of the molecule is CCCCNC(=O)NC(=O)CN1CC(O)CC1C(=O)OC. The number of unbranched alkanes of at least 4 members (excludes halogenated alkanes) is 1. The van der Waals surface area contributed by atoms with E-state index in [4.69, 9.17) is 0 Å². The van der Waals surface area contributed by atoms with E-state index in [1.165, 1.54) is 12.0 Å². The van der Waals surface area contributed by atoms with Gasteiger partial charge in [-0.3, -0.25) is 19.8 Å². The summed E-state index contributed by atoms with van der Waals surface area (Å²) in [5, 5.41) is 14.3. The van der Waals surface area contributed by atoms with Crippen molar-refractivity contribution in [2.45, 2.75) is 38.3 Å². The van der Waals surface area contributed by atoms with Crippen LogP contribution in [0.3, 0.4) is 0 Å². The van der Waals surface area contributed by atoms with Crippen LogP contribution < -0.4 is 10.6 Å². The predicted molar refractivity (Wildman–Crippen MR) is 74.5 cm³/mol. The van der Waals surface area contributed by atoms with Crippen molar-refractivity contribution in [3.63, 3.8) is 0 Å². The summed E-state index contributed by atoms with van der Waals surface area (Å²) in [5.74, 6) is -1.02. The molecule has 21 heavy (non-hydrogen) atoms. The topological polar surface area (TPSA) is 108 Å². The van der Waals surface area contributed by atoms with Crippen molar-refractivity contribution >= 4 is 17.9 Å². The van der Waals surface area contributed by atoms with Crippen LogP contribution in [0.15, 0.2) is 0 Å². The maximum atomic E-state index is 11.8. The van der Waals surface area contributed by atoms with E-state index in [0.29, 0.717) is 6.54 Å². The van der Waals surface area contributed by atoms with E-state index in [9.17, 15) is 19.5 Å². The van der Waals surface area contributed by atoms with E-state index in [1.807, 2.05) is 6.92 Å². The van der Waals surface area contributed by atoms with Crippen LogP contribution in [-0.4, -0.2) is 66.8 Å². The second-order valence-electron chi connectivity index (χ2n) is 5.02. The lowest BCUT2D eigenvalue weighted by Crippen LogP contribution is -2.47. The molecule has 1 rings (SSSR count). The second-order valence-corrected chi connectivity index (χ2v) is 5.02. The quantitative estimate of drug-likeness (QED) is 0.439. The summed E-state index contributed by atoms with van der Waals surface area (Å²) in [5.41, 5.74) is 0. The van der Waals surface area contributed by atoms with Crippen LogP contribution in [0.25, 0.3) is 0 Å². The molecule has 2 atom stereocenters. The molecule has 0 saturated carbocycles. The highest BCUT2D eigenvalue weighted by Crippen LogP contribution is 2.18. The van der Waals surface area contributed by atoms with E-state index in [2.05, 4.69) is 15.4 Å². The minimum atomic E-state index is -0.680. The summed E-state index contributed by atoms with van der Waals surface area (Å²) >= 11 is 0. The number of nitrogens with one attached hydrogen (secondary N) is 2. The lowest BCUT2D eigenvalue weighted by atomic mass is 10.2. The summed E-state index contributed by atoms with van der Waals surface area (Å²) < 4.78 is 4.64. The smallest absolute Gasteiger partial charge is 0.323 e. The molecule has 0 bridgehead atoms. The van der Waals surface area contributed by atoms with Gasteiger partial charge in [-0.2, -0.15) is 0 Å². The summed E-state index contributed by atoms with van der Waals surface area (Å²) in [7, 11) is 1.26. The van der Waals surface area contributed by atoms with E-state index in [1.54, 1.807) is 0 Å². The largest absolute Gasteiger partial charge is 0.468 e. The van der Waals surface area contributed by atoms with Gasteiger partial charge in [0.1, 0.15) is 6.04 Å². The van der Waals surface area contributed by atoms with Crippen molar-refractivity contribution in [1.29, 1.82) is 0 Å². The average molecular weight is 301 g/mol. The van der Waals surface area contributed by atoms with Gasteiger partial charge in [-0.15, -0.1) is 0 Å². The molecule has 0 aromatic rings. The zero-order valence-electron chi connectivity index (χ0n) is 12.4. The highest BCUT2D eigenvalue weighted by atomic mass is 16.5. The molecular weight excluding hydrogens is 278 g/mol. The van der Waals surface area contributed by atoms with Gasteiger partial charge < -0.3 is 15.2 Å². The third kappa shape index (κ3) is 5.68. The number of ether oxygens (including phenoxy) is 1. The van der Waals surface area contributed by atoms with Crippen LogP contribution in [0.1, 0.15) is 26.2 Å². The lowest BCUT2D eigenvalue weighted by molar-refractivity contribution is -0.146. The van der Waals surface area contributed by atoms with Crippen LogP contribution in [0, 0.1) is 0 Å². The molecule has 0 spiro atoms. The van der Waals surface area contributed by atoms with Crippen molar-refractivity contribution in [2.24, 2.45) is 0 Å². The maximum Gasteiger partial charge on any atom is 0.323 e. The molecule has 1 heterocycles. The van der Waals surface area contributed by atoms with E-state index in [0.717, 1.165) is 12.8 Å². The summed E-state index contributed by atoms with van der Waals surface area (Å²) in [4.78, 5) is 36.3. The Morgan fingerprint density at radius 1 is 1.38 bits per heavy atom. The number of aliphatic hydroxyl groups is 1. The molecule has 120 valence electrons. The molecule has 0 aromatic carbocycles. The number of nitrogens with zero attached hydrogens (tertiary/aromatic N) is 1. The van der Waals surface area contributed by atoms with Crippen LogP contribution >= 0.6 is 0 Å². The highest BCUT2D eigenvalue weighted by molar-refractivity contribution is 5.95. The molecule has 3 amide bonds. The van der Waals surface area contributed by atoms with E-state index >= 15 is 0 Å². The molecule has 1 aliphatic heterocycles. The van der Waals surface area contributed by atoms with Crippen molar-refractivity contribution in [1.82, 2.24) is 15.5 Å². The fraction of sp³-hybridized carbons (Fsp3) is 0.769. The first-order valence-corrected chi connectivity index (χ1v) is 7.05. The Kier molecular flexibility index (Phi) is 7.10. The van der Waals surface area contributed by atoms with Gasteiger partial charge in [0.15, 0.2) is 0 Å². The van der Waals surface area contributed by atoms with Gasteiger partial charge in [0, 0.05) is 19.5 Å². The van der Waals surface area contributed by atoms with Gasteiger partial charge in [-0.1, -0.05) is 13.3 Å². The Morgan fingerprint density at radius 3 is 2.71 bits per heavy atom. The maximum absolute atomic E-state index is 11.8. The first kappa shape index (κ1) is 17.4. The fourth-order valence-electron chi connectivity index (χ4n) is 2.21. The monoisotopic (exact) mass is 301 g/mol. The molecular formula is C13H23N3O5. The van der Waals surface area contributed by atoms with Crippen LogP contribution in [0.2, 0.25) is 0 Å². The molecule has 8 nitrogen and oxygen atoms in total. The van der Waals surface area contributed by atoms with Crippen LogP contribution in [-0.2, 0) is 14.3 Å². The second kappa shape index (κ2) is 8.58. The standard InChI is InChI=1S/C13H23N3O5/c1-3-4-5-14-13(20)15-11(18)8-16-7-9(17)6-10(16)12(19)21-2/h9-10,17H,3-8H2,1-2H3,(H2,14,15,18,20). The van der Waals surface area contributed by atoms with Crippen molar-refractivity contribution in [2.75, 3.05) is 26.7 Å². The molecule has 1 aliphatic rings. The number of hydrogen-bond donors (Lipinski definition) is 3. The highest BCUT2D eigenvalue weighted by Gasteiger charge is 2.37. The Morgan fingerprint density at radius 2 is 2.10 bits per heavy atom. The number of urea groups is 1. The van der Waals surface area contributed by atoms with Crippen LogP contribution in [0.5, 0.6) is 0 Å². The summed E-state index contributed by atoms with van der Waals surface area (Å²) in [6.45, 7) is 2.56. The van der Waals surface area contributed by atoms with Gasteiger partial charge in [-0.05, 0) is 6.42 Å². The number of esters is 1. The molecule has 1 saturated heterocycles. The third-order valence-electron chi connectivity index (χ3n) is 3.27. The van der Waals surface area contributed by atoms with Gasteiger partial charge in [0.25, 0.3) is 0 Å². The van der Waals surface area contributed by atoms with Gasteiger partial charge >= 0.3 is 12.0 Å². The Hall–Kier alpha value is -1.67. The van der Waals surface area contributed by atoms with Gasteiger partial charge in [-0.25, -0.2) is 4.79 Å². The Labute approximate surface area is 123 Å². The van der Waals surface area contributed by atoms with Gasteiger partial charge in [0.05, 0.1) is 19.8 Å². The van der Waals surface area contributed by atoms with Crippen molar-refractivity contribution < 1.29 is 24.2 Å². The zero-order valence-corrected chi connectivity index (χ0v) is 12.4. The molecule has 1 fully saturated rings. The van der Waals surface area contributed by atoms with Crippen LogP contribution in [0.4, 0.5) is 4.79 Å². The number of β-amino-alcohol motifs (C(OH)–C–C–N with tert-alkyl or cyclic N) is 1. The molecule has 3 N–H and O–H groups in total. The minimum Gasteiger partial charge on any atom is -0.468 e. The Bertz CT molecular complexity index is 388. The number of carbonyl (C=O) groups excluding carboxylic acids is 3. The number of hydrogen-bond acceptors (Lipinski definition) is 6.